The average molecular weight is 540 g/mol. The van der Waals surface area contributed by atoms with E-state index in [-0.39, 0.29) is 35.3 Å². The van der Waals surface area contributed by atoms with Gasteiger partial charge in [0.15, 0.2) is 0 Å². The lowest BCUT2D eigenvalue weighted by Gasteiger charge is -2.47. The van der Waals surface area contributed by atoms with Gasteiger partial charge in [-0.05, 0) is 79.7 Å². The number of carbonyl (C=O) groups excluding carboxylic acids is 1. The lowest BCUT2D eigenvalue weighted by atomic mass is 9.73. The largest absolute Gasteiger partial charge is 0.471 e. The van der Waals surface area contributed by atoms with Crippen LogP contribution in [0.5, 0.6) is 5.88 Å². The zero-order valence-corrected chi connectivity index (χ0v) is 23.3. The molecule has 1 amide bonds. The van der Waals surface area contributed by atoms with Gasteiger partial charge in [0.05, 0.1) is 12.1 Å². The Labute approximate surface area is 230 Å². The van der Waals surface area contributed by atoms with Gasteiger partial charge in [0.2, 0.25) is 11.8 Å². The Morgan fingerprint density at radius 1 is 1.21 bits per heavy atom. The summed E-state index contributed by atoms with van der Waals surface area (Å²) >= 11 is 0. The molecule has 2 aromatic rings. The van der Waals surface area contributed by atoms with Gasteiger partial charge in [-0.15, -0.1) is 0 Å². The molecule has 5 rings (SSSR count). The minimum absolute atomic E-state index is 0.0172. The number of pyridine rings is 1. The van der Waals surface area contributed by atoms with E-state index in [2.05, 4.69) is 37.5 Å². The summed E-state index contributed by atoms with van der Waals surface area (Å²) in [7, 11) is 0. The molecule has 39 heavy (non-hydrogen) atoms. The van der Waals surface area contributed by atoms with Crippen molar-refractivity contribution in [3.63, 3.8) is 0 Å². The maximum absolute atomic E-state index is 13.5. The van der Waals surface area contributed by atoms with Crippen molar-refractivity contribution in [2.24, 2.45) is 5.41 Å². The first kappa shape index (κ1) is 28.0. The zero-order valence-electron chi connectivity index (χ0n) is 23.3. The average Bonchev–Trinajstić information content (AvgIpc) is 3.41. The van der Waals surface area contributed by atoms with Crippen molar-refractivity contribution in [3.05, 3.63) is 59.0 Å². The van der Waals surface area contributed by atoms with Crippen molar-refractivity contribution in [1.82, 2.24) is 15.6 Å². The molecular weight excluding hydrogens is 497 g/mol. The summed E-state index contributed by atoms with van der Waals surface area (Å²) in [6.07, 6.45) is 7.34. The third-order valence-electron chi connectivity index (χ3n) is 8.16. The van der Waals surface area contributed by atoms with Crippen molar-refractivity contribution in [2.75, 3.05) is 13.2 Å². The molecular formula is C31H42FN3O4. The second-order valence-corrected chi connectivity index (χ2v) is 12.8. The van der Waals surface area contributed by atoms with Gasteiger partial charge >= 0.3 is 0 Å². The molecule has 1 spiro atoms. The number of aliphatic hydroxyl groups is 1. The first-order valence-corrected chi connectivity index (χ1v) is 14.3. The summed E-state index contributed by atoms with van der Waals surface area (Å²) in [6, 6.07) is 7.81. The van der Waals surface area contributed by atoms with Gasteiger partial charge in [0.25, 0.3) is 0 Å². The monoisotopic (exact) mass is 539 g/mol. The number of hydrogen-bond acceptors (Lipinski definition) is 6. The highest BCUT2D eigenvalue weighted by Crippen LogP contribution is 2.48. The number of amides is 1. The van der Waals surface area contributed by atoms with Crippen LogP contribution in [0.1, 0.15) is 82.0 Å². The van der Waals surface area contributed by atoms with Crippen molar-refractivity contribution in [2.45, 2.75) is 102 Å². The van der Waals surface area contributed by atoms with Gasteiger partial charge in [0.1, 0.15) is 17.5 Å². The van der Waals surface area contributed by atoms with E-state index in [0.29, 0.717) is 25.3 Å². The number of nitrogens with zero attached hydrogens (tertiary/aromatic N) is 1. The van der Waals surface area contributed by atoms with E-state index in [0.717, 1.165) is 49.7 Å². The van der Waals surface area contributed by atoms with Crippen LogP contribution in [0.3, 0.4) is 0 Å². The maximum atomic E-state index is 13.5. The number of ether oxygens (including phenoxy) is 2. The molecule has 8 heteroatoms. The van der Waals surface area contributed by atoms with E-state index in [1.807, 2.05) is 6.20 Å². The Morgan fingerprint density at radius 2 is 1.97 bits per heavy atom. The van der Waals surface area contributed by atoms with E-state index >= 15 is 0 Å². The van der Waals surface area contributed by atoms with Crippen molar-refractivity contribution >= 4 is 5.91 Å². The maximum Gasteiger partial charge on any atom is 0.249 e. The van der Waals surface area contributed by atoms with Crippen LogP contribution < -0.4 is 15.4 Å². The Morgan fingerprint density at radius 3 is 2.62 bits per heavy atom. The second kappa shape index (κ2) is 11.5. The number of hydrogen-bond donors (Lipinski definition) is 3. The summed E-state index contributed by atoms with van der Waals surface area (Å²) in [6.45, 7) is 7.49. The molecule has 4 atom stereocenters. The summed E-state index contributed by atoms with van der Waals surface area (Å²) < 4.78 is 25.5. The van der Waals surface area contributed by atoms with Crippen LogP contribution >= 0.6 is 0 Å². The molecule has 2 aliphatic heterocycles. The van der Waals surface area contributed by atoms with Crippen LogP contribution in [0.25, 0.3) is 0 Å². The van der Waals surface area contributed by atoms with Gasteiger partial charge < -0.3 is 25.2 Å². The van der Waals surface area contributed by atoms with Gasteiger partial charge in [-0.1, -0.05) is 32.9 Å². The topological polar surface area (TPSA) is 92.7 Å². The molecule has 3 heterocycles. The zero-order chi connectivity index (χ0) is 27.6. The minimum Gasteiger partial charge on any atom is -0.471 e. The standard InChI is InChI=1S/C31H42FN3O4/c1-30(2,3)16-21-14-23-25(17-31(11-5-12-31)39-29(23)34-18-21)33-19-26(36)24(15-20-7-9-22(32)10-8-20)35-28(37)27-6-4-13-38-27/h7-10,14,18,24-27,33,36H,4-6,11-13,15-17,19H2,1-3H3,(H,35,37)/t24-,25-,26-,27-/m0/s1. The van der Waals surface area contributed by atoms with Crippen molar-refractivity contribution in [1.29, 1.82) is 0 Å². The first-order valence-electron chi connectivity index (χ1n) is 14.3. The summed E-state index contributed by atoms with van der Waals surface area (Å²) in [5.41, 5.74) is 2.97. The number of nitrogens with one attached hydrogen (secondary N) is 2. The highest BCUT2D eigenvalue weighted by molar-refractivity contribution is 5.81. The second-order valence-electron chi connectivity index (χ2n) is 12.8. The number of fused-ring (bicyclic) bond motifs is 1. The molecule has 0 bridgehead atoms. The molecule has 7 nitrogen and oxygen atoms in total. The third kappa shape index (κ3) is 6.97. The molecule has 1 saturated heterocycles. The molecule has 1 aromatic carbocycles. The van der Waals surface area contributed by atoms with E-state index in [1.165, 1.54) is 17.7 Å². The van der Waals surface area contributed by atoms with E-state index < -0.39 is 18.2 Å². The Hall–Kier alpha value is -2.55. The predicted molar refractivity (Wildman–Crippen MR) is 147 cm³/mol. The number of carbonyl (C=O) groups is 1. The van der Waals surface area contributed by atoms with Gasteiger partial charge in [-0.2, -0.15) is 0 Å². The fourth-order valence-electron chi connectivity index (χ4n) is 5.97. The van der Waals surface area contributed by atoms with Crippen LogP contribution in [-0.2, 0) is 22.4 Å². The molecule has 3 N–H and O–H groups in total. The SMILES string of the molecule is CC(C)(C)Cc1cnc2c(c1)[C@@H](NC[C@H](O)[C@H](Cc1ccc(F)cc1)NC(=O)[C@@H]1CCCO1)CC1(CCC1)O2. The van der Waals surface area contributed by atoms with E-state index in [9.17, 15) is 14.3 Å². The first-order chi connectivity index (χ1) is 18.6. The molecule has 2 fully saturated rings. The fourth-order valence-corrected chi connectivity index (χ4v) is 5.97. The Bertz CT molecular complexity index is 1140. The molecule has 1 aliphatic carbocycles. The summed E-state index contributed by atoms with van der Waals surface area (Å²) in [5, 5.41) is 18.0. The normalized spacial score (nSPS) is 23.4. The quantitative estimate of drug-likeness (QED) is 0.437. The number of benzene rings is 1. The van der Waals surface area contributed by atoms with Crippen LogP contribution in [0.15, 0.2) is 36.5 Å². The van der Waals surface area contributed by atoms with Gasteiger partial charge in [-0.3, -0.25) is 4.79 Å². The van der Waals surface area contributed by atoms with Gasteiger partial charge in [0, 0.05) is 37.4 Å². The number of aliphatic hydroxyl groups excluding tert-OH is 1. The lowest BCUT2D eigenvalue weighted by Crippen LogP contribution is -2.53. The van der Waals surface area contributed by atoms with Crippen LogP contribution in [-0.4, -0.2) is 53.0 Å². The number of halogens is 1. The van der Waals surface area contributed by atoms with Crippen molar-refractivity contribution in [3.8, 4) is 5.88 Å². The van der Waals surface area contributed by atoms with E-state index in [1.54, 1.807) is 12.1 Å². The minimum atomic E-state index is -0.866. The predicted octanol–water partition coefficient (Wildman–Crippen LogP) is 4.41. The molecule has 0 unspecified atom stereocenters. The van der Waals surface area contributed by atoms with Crippen LogP contribution in [0.4, 0.5) is 4.39 Å². The highest BCUT2D eigenvalue weighted by Gasteiger charge is 2.46. The molecule has 212 valence electrons. The van der Waals surface area contributed by atoms with Crippen LogP contribution in [0, 0.1) is 11.2 Å². The van der Waals surface area contributed by atoms with E-state index in [4.69, 9.17) is 14.5 Å². The lowest BCUT2D eigenvalue weighted by molar-refractivity contribution is -0.131. The Kier molecular flexibility index (Phi) is 8.26. The Balaban J connectivity index is 1.32. The van der Waals surface area contributed by atoms with Crippen molar-refractivity contribution < 1.29 is 23.8 Å². The molecule has 1 aromatic heterocycles. The van der Waals surface area contributed by atoms with Gasteiger partial charge in [-0.25, -0.2) is 9.37 Å². The molecule has 3 aliphatic rings. The number of rotatable bonds is 9. The third-order valence-corrected chi connectivity index (χ3v) is 8.16. The fraction of sp³-hybridized carbons (Fsp3) is 0.613. The summed E-state index contributed by atoms with van der Waals surface area (Å²) in [4.78, 5) is 17.6. The number of aromatic nitrogens is 1. The molecule has 0 radical (unpaired) electrons. The van der Waals surface area contributed by atoms with Crippen LogP contribution in [0.2, 0.25) is 0 Å². The molecule has 1 saturated carbocycles. The smallest absolute Gasteiger partial charge is 0.249 e. The highest BCUT2D eigenvalue weighted by atomic mass is 19.1. The summed E-state index contributed by atoms with van der Waals surface area (Å²) in [5.74, 6) is 0.156.